The van der Waals surface area contributed by atoms with Gasteiger partial charge in [0.15, 0.2) is 0 Å². The van der Waals surface area contributed by atoms with Gasteiger partial charge in [-0.25, -0.2) is 0 Å². The van der Waals surface area contributed by atoms with Gasteiger partial charge >= 0.3 is 0 Å². The van der Waals surface area contributed by atoms with Crippen LogP contribution >= 0.6 is 0 Å². The lowest BCUT2D eigenvalue weighted by Gasteiger charge is -2.20. The Balaban J connectivity index is 2.15. The Hall–Kier alpha value is -0.760. The van der Waals surface area contributed by atoms with Gasteiger partial charge in [0, 0.05) is 11.7 Å². The first-order chi connectivity index (χ1) is 11.8. The molecule has 2 rings (SSSR count). The summed E-state index contributed by atoms with van der Waals surface area (Å²) >= 11 is 0. The molecule has 0 saturated carbocycles. The maximum absolute atomic E-state index is 6.60. The van der Waals surface area contributed by atoms with E-state index in [0.29, 0.717) is 0 Å². The number of allylic oxidation sites excluding steroid dienone is 3. The van der Waals surface area contributed by atoms with E-state index in [1.165, 1.54) is 102 Å². The van der Waals surface area contributed by atoms with Gasteiger partial charge in [-0.05, 0) is 56.1 Å². The van der Waals surface area contributed by atoms with Crippen LogP contribution in [0.1, 0.15) is 109 Å². The van der Waals surface area contributed by atoms with Crippen LogP contribution in [-0.2, 0) is 0 Å². The Morgan fingerprint density at radius 3 is 1.92 bits per heavy atom. The van der Waals surface area contributed by atoms with Gasteiger partial charge in [-0.2, -0.15) is 0 Å². The number of nitrogens with two attached hydrogens (primary N) is 2. The lowest BCUT2D eigenvalue weighted by molar-refractivity contribution is 0.565. The van der Waals surface area contributed by atoms with Crippen LogP contribution in [0.3, 0.4) is 0 Å². The molecule has 0 aliphatic heterocycles. The minimum atomic E-state index is 0.0668. The quantitative estimate of drug-likeness (QED) is 0.608. The molecule has 2 aliphatic carbocycles. The van der Waals surface area contributed by atoms with E-state index < -0.39 is 0 Å². The SMILES string of the molecule is N/C1=C(\C2=C/CCCCCCCCC2)CCCCCCCCC1N. The molecule has 0 bridgehead atoms. The number of hydrogen-bond acceptors (Lipinski definition) is 2. The first-order valence-electron chi connectivity index (χ1n) is 10.7. The third-order valence-electron chi connectivity index (χ3n) is 5.87. The lowest BCUT2D eigenvalue weighted by atomic mass is 9.90. The van der Waals surface area contributed by atoms with Crippen LogP contribution in [0, 0.1) is 0 Å². The second-order valence-electron chi connectivity index (χ2n) is 7.94. The van der Waals surface area contributed by atoms with Crippen LogP contribution in [0.2, 0.25) is 0 Å². The lowest BCUT2D eigenvalue weighted by Crippen LogP contribution is -2.29. The van der Waals surface area contributed by atoms with Gasteiger partial charge in [-0.3, -0.25) is 0 Å². The Bertz CT molecular complexity index is 408. The third kappa shape index (κ3) is 7.01. The van der Waals surface area contributed by atoms with Gasteiger partial charge in [0.25, 0.3) is 0 Å². The fourth-order valence-corrected chi connectivity index (χ4v) is 4.24. The highest BCUT2D eigenvalue weighted by atomic mass is 14.7. The van der Waals surface area contributed by atoms with Crippen LogP contribution in [0.4, 0.5) is 0 Å². The van der Waals surface area contributed by atoms with E-state index in [0.717, 1.165) is 18.5 Å². The van der Waals surface area contributed by atoms with Gasteiger partial charge in [0.2, 0.25) is 0 Å². The molecule has 4 N–H and O–H groups in total. The van der Waals surface area contributed by atoms with E-state index in [4.69, 9.17) is 11.5 Å². The molecule has 138 valence electrons. The molecular weight excluding hydrogens is 292 g/mol. The van der Waals surface area contributed by atoms with Crippen molar-refractivity contribution >= 4 is 0 Å². The zero-order valence-electron chi connectivity index (χ0n) is 15.8. The molecule has 0 aromatic carbocycles. The molecule has 0 spiro atoms. The van der Waals surface area contributed by atoms with E-state index in [1.807, 2.05) is 0 Å². The molecule has 0 amide bonds. The molecule has 2 heteroatoms. The molecule has 1 atom stereocenters. The molecule has 0 radical (unpaired) electrons. The molecule has 0 aromatic heterocycles. The van der Waals surface area contributed by atoms with Crippen molar-refractivity contribution in [3.63, 3.8) is 0 Å². The molecule has 1 unspecified atom stereocenters. The Morgan fingerprint density at radius 2 is 1.21 bits per heavy atom. The summed E-state index contributed by atoms with van der Waals surface area (Å²) in [5, 5.41) is 0. The average molecular weight is 333 g/mol. The number of hydrogen-bond donors (Lipinski definition) is 2. The molecule has 2 aliphatic rings. The first kappa shape index (κ1) is 19.6. The third-order valence-corrected chi connectivity index (χ3v) is 5.87. The van der Waals surface area contributed by atoms with Crippen LogP contribution in [0.15, 0.2) is 22.9 Å². The summed E-state index contributed by atoms with van der Waals surface area (Å²) in [6, 6.07) is 0.0668. The molecule has 24 heavy (non-hydrogen) atoms. The van der Waals surface area contributed by atoms with Crippen molar-refractivity contribution in [3.8, 4) is 0 Å². The molecule has 0 aromatic rings. The molecular formula is C22H40N2. The van der Waals surface area contributed by atoms with E-state index in [-0.39, 0.29) is 6.04 Å². The topological polar surface area (TPSA) is 52.0 Å². The van der Waals surface area contributed by atoms with Gasteiger partial charge < -0.3 is 11.5 Å². The maximum atomic E-state index is 6.60. The first-order valence-corrected chi connectivity index (χ1v) is 10.7. The summed E-state index contributed by atoms with van der Waals surface area (Å²) in [5.74, 6) is 0. The highest BCUT2D eigenvalue weighted by molar-refractivity contribution is 5.36. The summed E-state index contributed by atoms with van der Waals surface area (Å²) in [4.78, 5) is 0. The highest BCUT2D eigenvalue weighted by Gasteiger charge is 2.16. The fraction of sp³-hybridized carbons (Fsp3) is 0.818. The van der Waals surface area contributed by atoms with E-state index in [1.54, 1.807) is 5.57 Å². The maximum Gasteiger partial charge on any atom is 0.0445 e. The van der Waals surface area contributed by atoms with Crippen molar-refractivity contribution in [1.82, 2.24) is 0 Å². The fourth-order valence-electron chi connectivity index (χ4n) is 4.24. The Labute approximate surface area is 150 Å². The van der Waals surface area contributed by atoms with Crippen LogP contribution in [0.25, 0.3) is 0 Å². The Morgan fingerprint density at radius 1 is 0.667 bits per heavy atom. The summed E-state index contributed by atoms with van der Waals surface area (Å²) in [6.45, 7) is 0. The summed E-state index contributed by atoms with van der Waals surface area (Å²) in [5.41, 5.74) is 17.0. The highest BCUT2D eigenvalue weighted by Crippen LogP contribution is 2.29. The zero-order valence-corrected chi connectivity index (χ0v) is 15.8. The standard InChI is InChI=1S/C22H40N2/c23-21-18-14-10-6-5-9-13-17-20(22(21)24)19-15-11-7-3-1-2-4-8-12-16-19/h15,21H,1-14,16-18,23-24H2/b19-15-,22-20-. The molecule has 0 fully saturated rings. The largest absolute Gasteiger partial charge is 0.401 e. The van der Waals surface area contributed by atoms with Crippen molar-refractivity contribution < 1.29 is 0 Å². The van der Waals surface area contributed by atoms with Crippen molar-refractivity contribution in [2.75, 3.05) is 0 Å². The van der Waals surface area contributed by atoms with Crippen LogP contribution < -0.4 is 11.5 Å². The van der Waals surface area contributed by atoms with Crippen molar-refractivity contribution in [3.05, 3.63) is 22.9 Å². The molecule has 0 heterocycles. The number of rotatable bonds is 1. The van der Waals surface area contributed by atoms with E-state index in [9.17, 15) is 0 Å². The van der Waals surface area contributed by atoms with Crippen molar-refractivity contribution in [1.29, 1.82) is 0 Å². The van der Waals surface area contributed by atoms with Gasteiger partial charge in [0.05, 0.1) is 0 Å². The normalized spacial score (nSPS) is 32.0. The second kappa shape index (κ2) is 11.7. The molecule has 0 saturated heterocycles. The van der Waals surface area contributed by atoms with E-state index >= 15 is 0 Å². The van der Waals surface area contributed by atoms with Crippen molar-refractivity contribution in [2.24, 2.45) is 11.5 Å². The molecule has 2 nitrogen and oxygen atoms in total. The van der Waals surface area contributed by atoms with Crippen LogP contribution in [-0.4, -0.2) is 6.04 Å². The minimum Gasteiger partial charge on any atom is -0.401 e. The van der Waals surface area contributed by atoms with Gasteiger partial charge in [-0.1, -0.05) is 70.3 Å². The zero-order chi connectivity index (χ0) is 17.0. The predicted octanol–water partition coefficient (Wildman–Crippen LogP) is 6.11. The second-order valence-corrected chi connectivity index (χ2v) is 7.94. The van der Waals surface area contributed by atoms with Crippen LogP contribution in [0.5, 0.6) is 0 Å². The summed E-state index contributed by atoms with van der Waals surface area (Å²) < 4.78 is 0. The summed E-state index contributed by atoms with van der Waals surface area (Å²) in [7, 11) is 0. The summed E-state index contributed by atoms with van der Waals surface area (Å²) in [6.07, 6.45) is 24.7. The monoisotopic (exact) mass is 332 g/mol. The van der Waals surface area contributed by atoms with Gasteiger partial charge in [0.1, 0.15) is 0 Å². The average Bonchev–Trinajstić information content (AvgIpc) is 2.67. The van der Waals surface area contributed by atoms with Crippen molar-refractivity contribution in [2.45, 2.75) is 115 Å². The van der Waals surface area contributed by atoms with Gasteiger partial charge in [-0.15, -0.1) is 0 Å². The van der Waals surface area contributed by atoms with E-state index in [2.05, 4.69) is 6.08 Å². The minimum absolute atomic E-state index is 0.0668. The smallest absolute Gasteiger partial charge is 0.0445 e. The predicted molar refractivity (Wildman–Crippen MR) is 106 cm³/mol. The Kier molecular flexibility index (Phi) is 9.57.